The Bertz CT molecular complexity index is 953. The van der Waals surface area contributed by atoms with Gasteiger partial charge in [0.2, 0.25) is 17.7 Å². The van der Waals surface area contributed by atoms with Crippen LogP contribution >= 0.6 is 0 Å². The minimum absolute atomic E-state index is 0.00353. The first-order valence-corrected chi connectivity index (χ1v) is 11.3. The van der Waals surface area contributed by atoms with Crippen molar-refractivity contribution < 1.29 is 14.4 Å². The van der Waals surface area contributed by atoms with E-state index in [4.69, 9.17) is 0 Å². The number of carbonyl (C=O) groups is 3. The van der Waals surface area contributed by atoms with Crippen molar-refractivity contribution in [2.24, 2.45) is 5.92 Å². The van der Waals surface area contributed by atoms with Crippen LogP contribution in [0.2, 0.25) is 0 Å². The maximum atomic E-state index is 13.0. The zero-order valence-corrected chi connectivity index (χ0v) is 18.5. The lowest BCUT2D eigenvalue weighted by Gasteiger charge is -2.35. The third kappa shape index (κ3) is 5.16. The van der Waals surface area contributed by atoms with E-state index in [-0.39, 0.29) is 30.1 Å². The van der Waals surface area contributed by atoms with E-state index >= 15 is 0 Å². The molecule has 3 amide bonds. The quantitative estimate of drug-likeness (QED) is 0.758. The van der Waals surface area contributed by atoms with Crippen LogP contribution in [-0.2, 0) is 20.8 Å². The van der Waals surface area contributed by atoms with Gasteiger partial charge in [-0.05, 0) is 36.2 Å². The Balaban J connectivity index is 1.26. The number of para-hydroxylation sites is 1. The van der Waals surface area contributed by atoms with Crippen molar-refractivity contribution in [2.45, 2.75) is 19.8 Å². The summed E-state index contributed by atoms with van der Waals surface area (Å²) in [5.74, 6) is -0.313. The van der Waals surface area contributed by atoms with Crippen molar-refractivity contribution in [3.05, 3.63) is 60.2 Å². The van der Waals surface area contributed by atoms with E-state index in [1.165, 1.54) is 5.56 Å². The molecule has 7 nitrogen and oxygen atoms in total. The molecule has 1 atom stereocenters. The van der Waals surface area contributed by atoms with Gasteiger partial charge >= 0.3 is 0 Å². The number of carbonyl (C=O) groups excluding carboxylic acids is 3. The van der Waals surface area contributed by atoms with Gasteiger partial charge in [0.15, 0.2) is 0 Å². The van der Waals surface area contributed by atoms with E-state index in [0.717, 1.165) is 17.8 Å². The average Bonchev–Trinajstić information content (AvgIpc) is 3.21. The maximum absolute atomic E-state index is 13.0. The second-order valence-electron chi connectivity index (χ2n) is 8.44. The van der Waals surface area contributed by atoms with Gasteiger partial charge < -0.3 is 15.1 Å². The van der Waals surface area contributed by atoms with Gasteiger partial charge in [-0.2, -0.15) is 0 Å². The molecule has 2 saturated heterocycles. The third-order valence-electron chi connectivity index (χ3n) is 6.24. The van der Waals surface area contributed by atoms with Crippen LogP contribution in [0.15, 0.2) is 54.6 Å². The number of hydrogen-bond acceptors (Lipinski definition) is 4. The van der Waals surface area contributed by atoms with Crippen molar-refractivity contribution in [1.82, 2.24) is 9.80 Å². The zero-order chi connectivity index (χ0) is 22.5. The summed E-state index contributed by atoms with van der Waals surface area (Å²) in [5, 5.41) is 2.90. The minimum Gasteiger partial charge on any atom is -0.340 e. The highest BCUT2D eigenvalue weighted by molar-refractivity contribution is 6.00. The average molecular weight is 435 g/mol. The van der Waals surface area contributed by atoms with Gasteiger partial charge in [-0.3, -0.25) is 19.3 Å². The molecule has 0 saturated carbocycles. The Morgan fingerprint density at radius 1 is 0.969 bits per heavy atom. The first-order chi connectivity index (χ1) is 15.5. The lowest BCUT2D eigenvalue weighted by Crippen LogP contribution is -2.52. The molecule has 2 fully saturated rings. The normalized spacial score (nSPS) is 19.3. The van der Waals surface area contributed by atoms with E-state index < -0.39 is 0 Å². The number of nitrogens with one attached hydrogen (secondary N) is 1. The summed E-state index contributed by atoms with van der Waals surface area (Å²) < 4.78 is 0. The molecule has 0 bridgehead atoms. The van der Waals surface area contributed by atoms with Gasteiger partial charge in [-0.25, -0.2) is 0 Å². The summed E-state index contributed by atoms with van der Waals surface area (Å²) in [6.07, 6.45) is 1.21. The van der Waals surface area contributed by atoms with Gasteiger partial charge in [0, 0.05) is 50.5 Å². The summed E-state index contributed by atoms with van der Waals surface area (Å²) in [5.41, 5.74) is 2.87. The Morgan fingerprint density at radius 2 is 1.66 bits per heavy atom. The minimum atomic E-state index is -0.304. The summed E-state index contributed by atoms with van der Waals surface area (Å²) in [7, 11) is 0. The van der Waals surface area contributed by atoms with Gasteiger partial charge in [-0.1, -0.05) is 37.3 Å². The van der Waals surface area contributed by atoms with Gasteiger partial charge in [-0.15, -0.1) is 0 Å². The molecule has 7 heteroatoms. The third-order valence-corrected chi connectivity index (χ3v) is 6.24. The highest BCUT2D eigenvalue weighted by atomic mass is 16.2. The summed E-state index contributed by atoms with van der Waals surface area (Å²) in [6.45, 7) is 5.29. The van der Waals surface area contributed by atoms with E-state index in [2.05, 4.69) is 17.1 Å². The van der Waals surface area contributed by atoms with E-state index in [1.807, 2.05) is 59.5 Å². The molecular formula is C25H30N4O3. The highest BCUT2D eigenvalue weighted by Crippen LogP contribution is 2.27. The van der Waals surface area contributed by atoms with Crippen LogP contribution in [0.5, 0.6) is 0 Å². The fraction of sp³-hybridized carbons (Fsp3) is 0.400. The number of piperazine rings is 1. The van der Waals surface area contributed by atoms with Crippen LogP contribution in [0.4, 0.5) is 11.4 Å². The van der Waals surface area contributed by atoms with Gasteiger partial charge in [0.1, 0.15) is 0 Å². The molecular weight excluding hydrogens is 404 g/mol. The number of hydrogen-bond donors (Lipinski definition) is 1. The maximum Gasteiger partial charge on any atom is 0.238 e. The molecule has 0 spiro atoms. The molecule has 2 aromatic rings. The number of benzene rings is 2. The number of nitrogens with zero attached hydrogens (tertiary/aromatic N) is 3. The Morgan fingerprint density at radius 3 is 2.31 bits per heavy atom. The van der Waals surface area contributed by atoms with E-state index in [0.29, 0.717) is 39.3 Å². The molecule has 0 aliphatic carbocycles. The molecule has 168 valence electrons. The van der Waals surface area contributed by atoms with Crippen molar-refractivity contribution in [2.75, 3.05) is 49.5 Å². The fourth-order valence-corrected chi connectivity index (χ4v) is 4.34. The van der Waals surface area contributed by atoms with Crippen LogP contribution in [0, 0.1) is 5.92 Å². The highest BCUT2D eigenvalue weighted by Gasteiger charge is 2.38. The smallest absolute Gasteiger partial charge is 0.238 e. The second kappa shape index (κ2) is 9.96. The second-order valence-corrected chi connectivity index (χ2v) is 8.44. The number of anilines is 2. The predicted molar refractivity (Wildman–Crippen MR) is 124 cm³/mol. The Labute approximate surface area is 189 Å². The van der Waals surface area contributed by atoms with Crippen LogP contribution in [0.3, 0.4) is 0 Å². The molecule has 2 aliphatic heterocycles. The zero-order valence-electron chi connectivity index (χ0n) is 18.5. The molecule has 1 N–H and O–H groups in total. The van der Waals surface area contributed by atoms with Crippen molar-refractivity contribution in [1.29, 1.82) is 0 Å². The van der Waals surface area contributed by atoms with Crippen molar-refractivity contribution in [3.8, 4) is 0 Å². The molecule has 2 heterocycles. The Hall–Kier alpha value is -3.19. The van der Waals surface area contributed by atoms with Crippen LogP contribution in [-0.4, -0.2) is 66.8 Å². The first kappa shape index (κ1) is 22.0. The number of rotatable bonds is 6. The number of aryl methyl sites for hydroxylation is 1. The molecule has 0 radical (unpaired) electrons. The molecule has 2 aliphatic rings. The standard InChI is InChI=1S/C25H30N4O3/c1-2-19-8-10-22(11-9-19)29-17-20(16-24(29)31)25(32)28-14-12-27(13-15-28)18-23(30)26-21-6-4-3-5-7-21/h3-11,20H,2,12-18H2,1H3,(H,26,30). The molecule has 1 unspecified atom stereocenters. The number of amides is 3. The lowest BCUT2D eigenvalue weighted by atomic mass is 10.1. The lowest BCUT2D eigenvalue weighted by molar-refractivity contribution is -0.137. The molecule has 32 heavy (non-hydrogen) atoms. The van der Waals surface area contributed by atoms with Crippen molar-refractivity contribution in [3.63, 3.8) is 0 Å². The molecule has 2 aromatic carbocycles. The van der Waals surface area contributed by atoms with E-state index in [9.17, 15) is 14.4 Å². The van der Waals surface area contributed by atoms with Crippen LogP contribution < -0.4 is 10.2 Å². The monoisotopic (exact) mass is 434 g/mol. The fourth-order valence-electron chi connectivity index (χ4n) is 4.34. The topological polar surface area (TPSA) is 73.0 Å². The largest absolute Gasteiger partial charge is 0.340 e. The molecule has 4 rings (SSSR count). The first-order valence-electron chi connectivity index (χ1n) is 11.3. The van der Waals surface area contributed by atoms with Gasteiger partial charge in [0.25, 0.3) is 0 Å². The molecule has 0 aromatic heterocycles. The van der Waals surface area contributed by atoms with Gasteiger partial charge in [0.05, 0.1) is 12.5 Å². The summed E-state index contributed by atoms with van der Waals surface area (Å²) in [6, 6.07) is 17.4. The Kier molecular flexibility index (Phi) is 6.85. The van der Waals surface area contributed by atoms with Crippen LogP contribution in [0.1, 0.15) is 18.9 Å². The summed E-state index contributed by atoms with van der Waals surface area (Å²) in [4.78, 5) is 43.5. The summed E-state index contributed by atoms with van der Waals surface area (Å²) >= 11 is 0. The SMILES string of the molecule is CCc1ccc(N2CC(C(=O)N3CCN(CC(=O)Nc4ccccc4)CC3)CC2=O)cc1. The van der Waals surface area contributed by atoms with Crippen molar-refractivity contribution >= 4 is 29.1 Å². The predicted octanol–water partition coefficient (Wildman–Crippen LogP) is 2.38. The van der Waals surface area contributed by atoms with E-state index in [1.54, 1.807) is 4.90 Å². The van der Waals surface area contributed by atoms with Crippen LogP contribution in [0.25, 0.3) is 0 Å².